The third-order valence-corrected chi connectivity index (χ3v) is 7.21. The second kappa shape index (κ2) is 11.9. The first-order valence-electron chi connectivity index (χ1n) is 13.2. The zero-order valence-electron chi connectivity index (χ0n) is 21.7. The zero-order chi connectivity index (χ0) is 28.1. The Morgan fingerprint density at radius 3 is 2.40 bits per heavy atom. The number of hydrogen-bond acceptors (Lipinski definition) is 4. The molecule has 2 atom stereocenters. The first kappa shape index (κ1) is 27.4. The van der Waals surface area contributed by atoms with Gasteiger partial charge in [0.05, 0.1) is 0 Å². The van der Waals surface area contributed by atoms with Crippen molar-refractivity contribution in [1.82, 2.24) is 5.32 Å². The molecule has 1 amide bonds. The first-order valence-corrected chi connectivity index (χ1v) is 13.2. The van der Waals surface area contributed by atoms with E-state index in [0.717, 1.165) is 30.4 Å². The van der Waals surface area contributed by atoms with Gasteiger partial charge in [0.1, 0.15) is 17.2 Å². The van der Waals surface area contributed by atoms with E-state index in [-0.39, 0.29) is 23.5 Å². The molecule has 2 fully saturated rings. The van der Waals surface area contributed by atoms with Crippen molar-refractivity contribution < 1.29 is 32.8 Å². The first-order chi connectivity index (χ1) is 19.2. The number of hydrogen-bond donors (Lipinski definition) is 3. The second-order valence-electron chi connectivity index (χ2n) is 10.0. The molecule has 3 aromatic rings. The maximum absolute atomic E-state index is 12.6. The van der Waals surface area contributed by atoms with Crippen molar-refractivity contribution in [2.24, 2.45) is 4.99 Å². The number of benzene rings is 3. The number of amides is 1. The van der Waals surface area contributed by atoms with Crippen molar-refractivity contribution in [3.8, 4) is 11.5 Å². The van der Waals surface area contributed by atoms with Gasteiger partial charge in [0.2, 0.25) is 0 Å². The predicted octanol–water partition coefficient (Wildman–Crippen LogP) is 6.14. The van der Waals surface area contributed by atoms with Crippen LogP contribution >= 0.6 is 0 Å². The number of halogens is 3. The number of aliphatic imine (C=N–C) groups is 1. The van der Waals surface area contributed by atoms with Crippen molar-refractivity contribution in [3.63, 3.8) is 0 Å². The highest BCUT2D eigenvalue weighted by atomic mass is 19.4. The summed E-state index contributed by atoms with van der Waals surface area (Å²) in [6, 6.07) is 20.6. The molecule has 0 heterocycles. The van der Waals surface area contributed by atoms with Crippen molar-refractivity contribution in [2.45, 2.75) is 56.3 Å². The van der Waals surface area contributed by atoms with Gasteiger partial charge in [-0.15, -0.1) is 13.2 Å². The molecule has 40 heavy (non-hydrogen) atoms. The molecule has 0 spiro atoms. The number of carbonyl (C=O) groups excluding carboxylic acids is 1. The normalized spacial score (nSPS) is 19.0. The Bertz CT molecular complexity index is 1370. The van der Waals surface area contributed by atoms with Gasteiger partial charge >= 0.3 is 12.5 Å². The number of nitrogens with one attached hydrogen (secondary N) is 2. The van der Waals surface area contributed by atoms with Gasteiger partial charge in [0.25, 0.3) is 0 Å². The molecule has 4 N–H and O–H groups in total. The number of alkyl halides is 3. The number of nitrogens with zero attached hydrogens (tertiary/aromatic N) is 1. The Hall–Kier alpha value is -4.18. The van der Waals surface area contributed by atoms with E-state index < -0.39 is 12.5 Å². The predicted molar refractivity (Wildman–Crippen MR) is 144 cm³/mol. The lowest BCUT2D eigenvalue weighted by Crippen LogP contribution is -2.76. The highest BCUT2D eigenvalue weighted by molar-refractivity contribution is 5.99. The van der Waals surface area contributed by atoms with E-state index >= 15 is 0 Å². The van der Waals surface area contributed by atoms with Gasteiger partial charge in [-0.25, -0.2) is 4.79 Å². The summed E-state index contributed by atoms with van der Waals surface area (Å²) in [5, 5.41) is 12.8. The van der Waals surface area contributed by atoms with Crippen molar-refractivity contribution in [1.29, 1.82) is 5.41 Å². The maximum atomic E-state index is 12.6. The lowest BCUT2D eigenvalue weighted by atomic mass is 9.97. The van der Waals surface area contributed by atoms with E-state index in [2.05, 4.69) is 15.0 Å². The number of rotatable bonds is 8. The van der Waals surface area contributed by atoms with Crippen molar-refractivity contribution >= 4 is 24.0 Å². The van der Waals surface area contributed by atoms with Gasteiger partial charge in [-0.2, -0.15) is 4.99 Å². The second-order valence-corrected chi connectivity index (χ2v) is 10.0. The van der Waals surface area contributed by atoms with Crippen LogP contribution in [0, 0.1) is 5.41 Å². The highest BCUT2D eigenvalue weighted by Crippen LogP contribution is 2.41. The highest BCUT2D eigenvalue weighted by Gasteiger charge is 2.40. The van der Waals surface area contributed by atoms with E-state index in [1.165, 1.54) is 43.4 Å². The average molecular weight is 552 g/mol. The number of ether oxygens (including phenoxy) is 2. The number of para-hydroxylation sites is 1. The number of quaternary nitrogens is 1. The molecule has 208 valence electrons. The van der Waals surface area contributed by atoms with Crippen LogP contribution in [0.25, 0.3) is 0 Å². The minimum absolute atomic E-state index is 0.00279. The largest absolute Gasteiger partial charge is 0.573 e. The summed E-state index contributed by atoms with van der Waals surface area (Å²) in [6.07, 6.45) is 1.73. The number of carbonyl (C=O) groups is 1. The van der Waals surface area contributed by atoms with Crippen LogP contribution in [0.15, 0.2) is 77.8 Å². The van der Waals surface area contributed by atoms with Gasteiger partial charge in [-0.05, 0) is 54.5 Å². The molecular formula is C30H30F3N4O3+. The lowest BCUT2D eigenvalue weighted by Gasteiger charge is -2.15. The molecule has 0 aliphatic heterocycles. The summed E-state index contributed by atoms with van der Waals surface area (Å²) < 4.78 is 46.4. The number of nitrogens with two attached hydrogens (primary N) is 1. The molecule has 10 heteroatoms. The van der Waals surface area contributed by atoms with Crippen LogP contribution in [-0.4, -0.2) is 30.7 Å². The third-order valence-electron chi connectivity index (χ3n) is 7.21. The molecule has 7 nitrogen and oxygen atoms in total. The van der Waals surface area contributed by atoms with E-state index in [4.69, 9.17) is 10.1 Å². The Balaban J connectivity index is 1.09. The van der Waals surface area contributed by atoms with Crippen LogP contribution in [0.2, 0.25) is 0 Å². The Morgan fingerprint density at radius 1 is 1.00 bits per heavy atom. The summed E-state index contributed by atoms with van der Waals surface area (Å²) >= 11 is 0. The standard InChI is InChI=1S/C30H29F3N4O3/c31-30(32,33)40-23-15-13-22(14-16-23)35-18-36-28(34)21-11-9-20(10-12-21)25-17-26(25)37-29(38)39-27-8-4-3-7-24(27)19-5-1-2-6-19/h3-4,7-16,18-19,25-26H,1-2,5-6,17H2,(H,37,38)(H2,34,35,36)/p+1. The fourth-order valence-corrected chi connectivity index (χ4v) is 5.09. The topological polar surface area (TPSA) is 100 Å². The van der Waals surface area contributed by atoms with Crippen molar-refractivity contribution in [2.75, 3.05) is 0 Å². The molecule has 0 radical (unpaired) electrons. The molecule has 0 saturated heterocycles. The van der Waals surface area contributed by atoms with Crippen molar-refractivity contribution in [3.05, 3.63) is 89.5 Å². The van der Waals surface area contributed by atoms with Gasteiger partial charge in [0.15, 0.2) is 12.2 Å². The van der Waals surface area contributed by atoms with E-state index in [1.807, 2.05) is 48.5 Å². The molecular weight excluding hydrogens is 521 g/mol. The van der Waals surface area contributed by atoms with Gasteiger partial charge in [-0.1, -0.05) is 55.3 Å². The van der Waals surface area contributed by atoms with Crippen LogP contribution in [0.1, 0.15) is 60.6 Å². The molecule has 0 bridgehead atoms. The van der Waals surface area contributed by atoms with E-state index in [0.29, 0.717) is 22.9 Å². The van der Waals surface area contributed by atoms with Crippen LogP contribution in [-0.2, 0) is 0 Å². The van der Waals surface area contributed by atoms with Crippen LogP contribution in [0.5, 0.6) is 11.5 Å². The third kappa shape index (κ3) is 7.26. The molecule has 2 unspecified atom stereocenters. The summed E-state index contributed by atoms with van der Waals surface area (Å²) in [7, 11) is 0. The average Bonchev–Trinajstić information content (AvgIpc) is 3.46. The molecule has 2 saturated carbocycles. The fraction of sp³-hybridized carbons (Fsp3) is 0.300. The Morgan fingerprint density at radius 2 is 1.70 bits per heavy atom. The Labute approximate surface area is 229 Å². The van der Waals surface area contributed by atoms with E-state index in [9.17, 15) is 18.0 Å². The minimum atomic E-state index is -4.73. The van der Waals surface area contributed by atoms with Crippen LogP contribution < -0.4 is 20.1 Å². The van der Waals surface area contributed by atoms with Crippen LogP contribution in [0.4, 0.5) is 23.7 Å². The summed E-state index contributed by atoms with van der Waals surface area (Å²) in [5.74, 6) is 1.02. The van der Waals surface area contributed by atoms with Crippen LogP contribution in [0.3, 0.4) is 0 Å². The smallest absolute Gasteiger partial charge is 0.410 e. The summed E-state index contributed by atoms with van der Waals surface area (Å²) in [4.78, 5) is 16.7. The zero-order valence-corrected chi connectivity index (χ0v) is 21.7. The molecule has 2 aliphatic carbocycles. The molecule has 3 aromatic carbocycles. The fourth-order valence-electron chi connectivity index (χ4n) is 5.09. The maximum Gasteiger partial charge on any atom is 0.573 e. The summed E-state index contributed by atoms with van der Waals surface area (Å²) in [5.41, 5.74) is 3.41. The minimum Gasteiger partial charge on any atom is -0.410 e. The molecule has 5 rings (SSSR count). The quantitative estimate of drug-likeness (QED) is 0.178. The lowest BCUT2D eigenvalue weighted by molar-refractivity contribution is -0.432. The molecule has 0 aromatic heterocycles. The summed E-state index contributed by atoms with van der Waals surface area (Å²) in [6.45, 7) is 0. The Kier molecular flexibility index (Phi) is 8.16. The SMILES string of the molecule is N=C(N=C[NH2+]c1ccc(OC(F)(F)F)cc1)c1ccc(C2CC2NC(=O)Oc2ccccc2C2CCCC2)cc1. The monoisotopic (exact) mass is 551 g/mol. The van der Waals surface area contributed by atoms with Gasteiger partial charge in [-0.3, -0.25) is 10.7 Å². The van der Waals surface area contributed by atoms with Gasteiger partial charge in [0, 0.05) is 29.7 Å². The van der Waals surface area contributed by atoms with E-state index in [1.54, 1.807) is 5.32 Å². The molecule has 2 aliphatic rings. The number of amidine groups is 1. The van der Waals surface area contributed by atoms with Gasteiger partial charge < -0.3 is 14.8 Å².